The average molecular weight is 222 g/mol. The van der Waals surface area contributed by atoms with E-state index in [1.54, 1.807) is 0 Å². The number of hydrogen-bond donors (Lipinski definition) is 1. The molecule has 16 heavy (non-hydrogen) atoms. The molecule has 0 aliphatic heterocycles. The van der Waals surface area contributed by atoms with Crippen LogP contribution >= 0.6 is 0 Å². The van der Waals surface area contributed by atoms with E-state index in [4.69, 9.17) is 0 Å². The third kappa shape index (κ3) is 3.56. The molecule has 0 heterocycles. The molecule has 0 aromatic carbocycles. The molecule has 90 valence electrons. The first kappa shape index (κ1) is 13.1. The molecule has 0 spiro atoms. The lowest BCUT2D eigenvalue weighted by molar-refractivity contribution is -0.145. The van der Waals surface area contributed by atoms with E-state index < -0.39 is 5.97 Å². The van der Waals surface area contributed by atoms with Crippen molar-refractivity contribution in [1.29, 1.82) is 0 Å². The minimum atomic E-state index is -0.607. The Bertz CT molecular complexity index is 285. The second-order valence-corrected chi connectivity index (χ2v) is 4.76. The first-order chi connectivity index (χ1) is 7.69. The van der Waals surface area contributed by atoms with Gasteiger partial charge in [0.2, 0.25) is 0 Å². The first-order valence-corrected chi connectivity index (χ1v) is 6.31. The molecule has 0 amide bonds. The normalized spacial score (nSPS) is 29.2. The third-order valence-electron chi connectivity index (χ3n) is 3.80. The molecule has 3 atom stereocenters. The fourth-order valence-corrected chi connectivity index (χ4v) is 2.76. The maximum absolute atomic E-state index is 11.2. The SMILES string of the molecule is CC#CCCC1CC(CC)CCC1C(=O)O. The van der Waals surface area contributed by atoms with E-state index in [-0.39, 0.29) is 5.92 Å². The van der Waals surface area contributed by atoms with Gasteiger partial charge in [0.15, 0.2) is 0 Å². The van der Waals surface area contributed by atoms with Crippen molar-refractivity contribution in [3.8, 4) is 11.8 Å². The van der Waals surface area contributed by atoms with Crippen LogP contribution in [0.25, 0.3) is 0 Å². The summed E-state index contributed by atoms with van der Waals surface area (Å²) in [5.41, 5.74) is 0. The second kappa shape index (κ2) is 6.58. The standard InChI is InChI=1S/C14H22O2/c1-3-5-6-7-12-10-11(4-2)8-9-13(12)14(15)16/h11-13H,4,6-10H2,1-2H3,(H,15,16). The molecule has 2 nitrogen and oxygen atoms in total. The monoisotopic (exact) mass is 222 g/mol. The van der Waals surface area contributed by atoms with E-state index in [1.807, 2.05) is 6.92 Å². The highest BCUT2D eigenvalue weighted by Crippen LogP contribution is 2.37. The summed E-state index contributed by atoms with van der Waals surface area (Å²) < 4.78 is 0. The van der Waals surface area contributed by atoms with E-state index in [9.17, 15) is 9.90 Å². The van der Waals surface area contributed by atoms with Crippen LogP contribution in [0.5, 0.6) is 0 Å². The molecule has 1 aliphatic rings. The molecule has 1 aliphatic carbocycles. The number of carbonyl (C=O) groups is 1. The first-order valence-electron chi connectivity index (χ1n) is 6.31. The van der Waals surface area contributed by atoms with E-state index in [1.165, 1.54) is 6.42 Å². The lowest BCUT2D eigenvalue weighted by Gasteiger charge is -2.33. The molecule has 3 unspecified atom stereocenters. The summed E-state index contributed by atoms with van der Waals surface area (Å²) in [7, 11) is 0. The smallest absolute Gasteiger partial charge is 0.306 e. The zero-order valence-corrected chi connectivity index (χ0v) is 10.3. The summed E-state index contributed by atoms with van der Waals surface area (Å²) in [5, 5.41) is 9.19. The number of rotatable bonds is 4. The van der Waals surface area contributed by atoms with Gasteiger partial charge in [0.05, 0.1) is 5.92 Å². The summed E-state index contributed by atoms with van der Waals surface area (Å²) in [6, 6.07) is 0. The van der Waals surface area contributed by atoms with E-state index in [0.29, 0.717) is 5.92 Å². The Morgan fingerprint density at radius 1 is 1.44 bits per heavy atom. The largest absolute Gasteiger partial charge is 0.481 e. The van der Waals surface area contributed by atoms with Gasteiger partial charge in [-0.15, -0.1) is 11.8 Å². The van der Waals surface area contributed by atoms with Crippen LogP contribution in [0.4, 0.5) is 0 Å². The molecule has 1 N–H and O–H groups in total. The van der Waals surface area contributed by atoms with Crippen LogP contribution in [-0.4, -0.2) is 11.1 Å². The quantitative estimate of drug-likeness (QED) is 0.741. The maximum atomic E-state index is 11.2. The van der Waals surface area contributed by atoms with Crippen molar-refractivity contribution in [3.05, 3.63) is 0 Å². The van der Waals surface area contributed by atoms with Gasteiger partial charge >= 0.3 is 5.97 Å². The number of carboxylic acid groups (broad SMARTS) is 1. The fraction of sp³-hybridized carbons (Fsp3) is 0.786. The molecular formula is C14H22O2. The second-order valence-electron chi connectivity index (χ2n) is 4.76. The van der Waals surface area contributed by atoms with Crippen LogP contribution in [0, 0.1) is 29.6 Å². The van der Waals surface area contributed by atoms with Gasteiger partial charge in [-0.3, -0.25) is 4.79 Å². The number of hydrogen-bond acceptors (Lipinski definition) is 1. The summed E-state index contributed by atoms with van der Waals surface area (Å²) in [6.07, 6.45) is 6.01. The van der Waals surface area contributed by atoms with E-state index in [0.717, 1.165) is 38.0 Å². The zero-order chi connectivity index (χ0) is 12.0. The lowest BCUT2D eigenvalue weighted by Crippen LogP contribution is -2.30. The lowest BCUT2D eigenvalue weighted by atomic mass is 9.71. The molecule has 1 rings (SSSR count). The van der Waals surface area contributed by atoms with Gasteiger partial charge in [0, 0.05) is 6.42 Å². The number of carboxylic acids is 1. The van der Waals surface area contributed by atoms with Crippen LogP contribution < -0.4 is 0 Å². The molecule has 1 saturated carbocycles. The predicted molar refractivity (Wildman–Crippen MR) is 64.9 cm³/mol. The van der Waals surface area contributed by atoms with Crippen molar-refractivity contribution in [1.82, 2.24) is 0 Å². The maximum Gasteiger partial charge on any atom is 0.306 e. The zero-order valence-electron chi connectivity index (χ0n) is 10.3. The van der Waals surface area contributed by atoms with Crippen LogP contribution in [0.2, 0.25) is 0 Å². The van der Waals surface area contributed by atoms with Gasteiger partial charge in [0.25, 0.3) is 0 Å². The Morgan fingerprint density at radius 2 is 2.19 bits per heavy atom. The van der Waals surface area contributed by atoms with Gasteiger partial charge < -0.3 is 5.11 Å². The highest BCUT2D eigenvalue weighted by molar-refractivity contribution is 5.70. The topological polar surface area (TPSA) is 37.3 Å². The van der Waals surface area contributed by atoms with Crippen LogP contribution in [0.1, 0.15) is 52.4 Å². The minimum absolute atomic E-state index is 0.124. The van der Waals surface area contributed by atoms with Crippen LogP contribution in [0.3, 0.4) is 0 Å². The average Bonchev–Trinajstić information content (AvgIpc) is 2.29. The molecule has 0 saturated heterocycles. The van der Waals surface area contributed by atoms with Gasteiger partial charge in [-0.25, -0.2) is 0 Å². The van der Waals surface area contributed by atoms with Gasteiger partial charge in [-0.2, -0.15) is 0 Å². The van der Waals surface area contributed by atoms with Crippen LogP contribution in [-0.2, 0) is 4.79 Å². The van der Waals surface area contributed by atoms with Gasteiger partial charge in [-0.1, -0.05) is 13.3 Å². The summed E-state index contributed by atoms with van der Waals surface area (Å²) in [4.78, 5) is 11.2. The summed E-state index contributed by atoms with van der Waals surface area (Å²) in [6.45, 7) is 4.04. The van der Waals surface area contributed by atoms with E-state index >= 15 is 0 Å². The molecule has 0 aromatic rings. The molecule has 1 fully saturated rings. The van der Waals surface area contributed by atoms with Crippen molar-refractivity contribution in [2.24, 2.45) is 17.8 Å². The Hall–Kier alpha value is -0.970. The molecule has 0 bridgehead atoms. The van der Waals surface area contributed by atoms with Crippen molar-refractivity contribution < 1.29 is 9.90 Å². The van der Waals surface area contributed by atoms with E-state index in [2.05, 4.69) is 18.8 Å². The number of aliphatic carboxylic acids is 1. The Balaban J connectivity index is 2.55. The molecule has 0 aromatic heterocycles. The molecule has 2 heteroatoms. The van der Waals surface area contributed by atoms with Crippen molar-refractivity contribution in [2.45, 2.75) is 52.4 Å². The molecule has 0 radical (unpaired) electrons. The highest BCUT2D eigenvalue weighted by Gasteiger charge is 2.33. The Kier molecular flexibility index (Phi) is 5.38. The predicted octanol–water partition coefficient (Wildman–Crippen LogP) is 3.32. The summed E-state index contributed by atoms with van der Waals surface area (Å²) in [5.74, 6) is 6.27. The summed E-state index contributed by atoms with van der Waals surface area (Å²) >= 11 is 0. The minimum Gasteiger partial charge on any atom is -0.481 e. The Labute approximate surface area is 98.4 Å². The van der Waals surface area contributed by atoms with Crippen molar-refractivity contribution in [3.63, 3.8) is 0 Å². The van der Waals surface area contributed by atoms with Gasteiger partial charge in [0.1, 0.15) is 0 Å². The Morgan fingerprint density at radius 3 is 2.75 bits per heavy atom. The van der Waals surface area contributed by atoms with Crippen LogP contribution in [0.15, 0.2) is 0 Å². The van der Waals surface area contributed by atoms with Crippen molar-refractivity contribution >= 4 is 5.97 Å². The van der Waals surface area contributed by atoms with Gasteiger partial charge in [-0.05, 0) is 44.4 Å². The third-order valence-corrected chi connectivity index (χ3v) is 3.80. The highest BCUT2D eigenvalue weighted by atomic mass is 16.4. The fourth-order valence-electron chi connectivity index (χ4n) is 2.76. The molecular weight excluding hydrogens is 200 g/mol. The van der Waals surface area contributed by atoms with Crippen molar-refractivity contribution in [2.75, 3.05) is 0 Å².